The number of nitrogen functional groups attached to an aromatic ring is 1. The molecule has 0 bridgehead atoms. The van der Waals surface area contributed by atoms with Crippen LogP contribution in [0.5, 0.6) is 0 Å². The average molecular weight is 346 g/mol. The van der Waals surface area contributed by atoms with Crippen LogP contribution >= 0.6 is 22.6 Å². The van der Waals surface area contributed by atoms with Gasteiger partial charge in [-0.1, -0.05) is 26.7 Å². The molecule has 0 amide bonds. The Morgan fingerprint density at radius 3 is 2.53 bits per heavy atom. The molecular formula is C14H23IN2. The van der Waals surface area contributed by atoms with Gasteiger partial charge in [0.25, 0.3) is 0 Å². The van der Waals surface area contributed by atoms with Crippen LogP contribution in [0.25, 0.3) is 0 Å². The summed E-state index contributed by atoms with van der Waals surface area (Å²) in [6, 6.07) is 6.64. The second kappa shape index (κ2) is 7.09. The molecule has 0 radical (unpaired) electrons. The number of halogens is 1. The summed E-state index contributed by atoms with van der Waals surface area (Å²) in [5, 5.41) is 3.48. The van der Waals surface area contributed by atoms with Crippen LogP contribution in [-0.4, -0.2) is 6.04 Å². The first kappa shape index (κ1) is 14.6. The van der Waals surface area contributed by atoms with Crippen molar-refractivity contribution in [2.75, 3.05) is 11.1 Å². The van der Waals surface area contributed by atoms with E-state index in [9.17, 15) is 0 Å². The van der Waals surface area contributed by atoms with Gasteiger partial charge in [-0.2, -0.15) is 0 Å². The molecule has 1 aromatic carbocycles. The highest BCUT2D eigenvalue weighted by molar-refractivity contribution is 14.1. The van der Waals surface area contributed by atoms with Gasteiger partial charge in [0.05, 0.1) is 11.4 Å². The lowest BCUT2D eigenvalue weighted by molar-refractivity contribution is 0.520. The van der Waals surface area contributed by atoms with Crippen molar-refractivity contribution in [2.24, 2.45) is 5.92 Å². The minimum absolute atomic E-state index is 0.483. The molecule has 0 aromatic heterocycles. The van der Waals surface area contributed by atoms with Crippen LogP contribution in [0.2, 0.25) is 0 Å². The van der Waals surface area contributed by atoms with E-state index in [0.717, 1.165) is 17.3 Å². The van der Waals surface area contributed by atoms with Gasteiger partial charge in [-0.25, -0.2) is 0 Å². The third-order valence-corrected chi connectivity index (χ3v) is 3.51. The van der Waals surface area contributed by atoms with Crippen molar-refractivity contribution in [3.05, 3.63) is 21.8 Å². The molecule has 0 saturated carbocycles. The van der Waals surface area contributed by atoms with E-state index in [1.54, 1.807) is 0 Å². The predicted molar refractivity (Wildman–Crippen MR) is 85.3 cm³/mol. The van der Waals surface area contributed by atoms with Crippen LogP contribution in [0.1, 0.15) is 40.0 Å². The van der Waals surface area contributed by atoms with E-state index in [-0.39, 0.29) is 0 Å². The van der Waals surface area contributed by atoms with Crippen LogP contribution in [0, 0.1) is 9.49 Å². The van der Waals surface area contributed by atoms with Crippen molar-refractivity contribution in [3.8, 4) is 0 Å². The van der Waals surface area contributed by atoms with Gasteiger partial charge in [-0.3, -0.25) is 0 Å². The number of anilines is 2. The SMILES string of the molecule is CC(C)CCCC(C)Nc1ccc(I)cc1N. The zero-order chi connectivity index (χ0) is 12.8. The summed E-state index contributed by atoms with van der Waals surface area (Å²) >= 11 is 2.28. The Bertz CT molecular complexity index is 350. The van der Waals surface area contributed by atoms with Gasteiger partial charge >= 0.3 is 0 Å². The van der Waals surface area contributed by atoms with Gasteiger partial charge < -0.3 is 11.1 Å². The van der Waals surface area contributed by atoms with E-state index in [4.69, 9.17) is 5.73 Å². The maximum absolute atomic E-state index is 5.98. The van der Waals surface area contributed by atoms with Gasteiger partial charge in [0, 0.05) is 9.61 Å². The molecule has 0 spiro atoms. The molecule has 0 saturated heterocycles. The molecule has 1 rings (SSSR count). The fraction of sp³-hybridized carbons (Fsp3) is 0.571. The van der Waals surface area contributed by atoms with Gasteiger partial charge in [0.2, 0.25) is 0 Å². The summed E-state index contributed by atoms with van der Waals surface area (Å²) in [6.07, 6.45) is 3.77. The quantitative estimate of drug-likeness (QED) is 0.588. The first-order chi connectivity index (χ1) is 7.99. The zero-order valence-corrected chi connectivity index (χ0v) is 13.1. The van der Waals surface area contributed by atoms with Gasteiger partial charge in [0.15, 0.2) is 0 Å². The highest BCUT2D eigenvalue weighted by Crippen LogP contribution is 2.22. The minimum Gasteiger partial charge on any atom is -0.397 e. The molecule has 3 N–H and O–H groups in total. The molecular weight excluding hydrogens is 323 g/mol. The third kappa shape index (κ3) is 5.61. The monoisotopic (exact) mass is 346 g/mol. The first-order valence-corrected chi connectivity index (χ1v) is 7.38. The van der Waals surface area contributed by atoms with Crippen LogP contribution in [0.15, 0.2) is 18.2 Å². The Balaban J connectivity index is 2.42. The van der Waals surface area contributed by atoms with E-state index in [0.29, 0.717) is 6.04 Å². The summed E-state index contributed by atoms with van der Waals surface area (Å²) in [6.45, 7) is 6.77. The maximum atomic E-state index is 5.98. The molecule has 2 nitrogen and oxygen atoms in total. The number of hydrogen-bond donors (Lipinski definition) is 2. The summed E-state index contributed by atoms with van der Waals surface area (Å²) in [5.41, 5.74) is 7.88. The Morgan fingerprint density at radius 1 is 1.24 bits per heavy atom. The van der Waals surface area contributed by atoms with E-state index in [2.05, 4.69) is 60.8 Å². The molecule has 17 heavy (non-hydrogen) atoms. The molecule has 0 aliphatic carbocycles. The molecule has 0 aliphatic heterocycles. The molecule has 0 heterocycles. The maximum Gasteiger partial charge on any atom is 0.0576 e. The number of hydrogen-bond acceptors (Lipinski definition) is 2. The lowest BCUT2D eigenvalue weighted by Crippen LogP contribution is -2.16. The summed E-state index contributed by atoms with van der Waals surface area (Å²) in [7, 11) is 0. The van der Waals surface area contributed by atoms with Crippen LogP contribution in [0.3, 0.4) is 0 Å². The Labute approximate surface area is 119 Å². The van der Waals surface area contributed by atoms with Crippen molar-refractivity contribution < 1.29 is 0 Å². The summed E-state index contributed by atoms with van der Waals surface area (Å²) in [5.74, 6) is 0.797. The third-order valence-electron chi connectivity index (χ3n) is 2.83. The Morgan fingerprint density at radius 2 is 1.94 bits per heavy atom. The topological polar surface area (TPSA) is 38.0 Å². The molecule has 1 aromatic rings. The molecule has 1 unspecified atom stereocenters. The van der Waals surface area contributed by atoms with E-state index < -0.39 is 0 Å². The largest absolute Gasteiger partial charge is 0.397 e. The van der Waals surface area contributed by atoms with Crippen molar-refractivity contribution in [2.45, 2.75) is 46.1 Å². The van der Waals surface area contributed by atoms with Crippen molar-refractivity contribution in [1.82, 2.24) is 0 Å². The minimum atomic E-state index is 0.483. The fourth-order valence-electron chi connectivity index (χ4n) is 1.83. The van der Waals surface area contributed by atoms with Gasteiger partial charge in [-0.05, 0) is 60.1 Å². The highest BCUT2D eigenvalue weighted by Gasteiger charge is 2.05. The van der Waals surface area contributed by atoms with E-state index in [1.807, 2.05) is 6.07 Å². The molecule has 1 atom stereocenters. The zero-order valence-electron chi connectivity index (χ0n) is 11.0. The second-order valence-corrected chi connectivity index (χ2v) is 6.35. The van der Waals surface area contributed by atoms with Crippen LogP contribution in [-0.2, 0) is 0 Å². The van der Waals surface area contributed by atoms with Crippen molar-refractivity contribution >= 4 is 34.0 Å². The second-order valence-electron chi connectivity index (χ2n) is 5.10. The predicted octanol–water partition coefficient (Wildman–Crippen LogP) is 4.50. The Hall–Kier alpha value is -0.450. The molecule has 96 valence electrons. The van der Waals surface area contributed by atoms with Crippen LogP contribution in [0.4, 0.5) is 11.4 Å². The fourth-order valence-corrected chi connectivity index (χ4v) is 2.35. The number of benzene rings is 1. The molecule has 0 fully saturated rings. The number of nitrogens with one attached hydrogen (secondary N) is 1. The highest BCUT2D eigenvalue weighted by atomic mass is 127. The van der Waals surface area contributed by atoms with E-state index in [1.165, 1.54) is 22.8 Å². The molecule has 3 heteroatoms. The lowest BCUT2D eigenvalue weighted by atomic mass is 10.0. The number of nitrogens with two attached hydrogens (primary N) is 1. The summed E-state index contributed by atoms with van der Waals surface area (Å²) < 4.78 is 1.18. The Kier molecular flexibility index (Phi) is 6.09. The first-order valence-electron chi connectivity index (χ1n) is 6.30. The van der Waals surface area contributed by atoms with Crippen molar-refractivity contribution in [3.63, 3.8) is 0 Å². The lowest BCUT2D eigenvalue weighted by Gasteiger charge is -2.17. The number of rotatable bonds is 6. The van der Waals surface area contributed by atoms with Gasteiger partial charge in [0.1, 0.15) is 0 Å². The standard InChI is InChI=1S/C14H23IN2/c1-10(2)5-4-6-11(3)17-14-8-7-12(15)9-13(14)16/h7-11,17H,4-6,16H2,1-3H3. The van der Waals surface area contributed by atoms with Gasteiger partial charge in [-0.15, -0.1) is 0 Å². The normalized spacial score (nSPS) is 12.8. The average Bonchev–Trinajstić information content (AvgIpc) is 2.21. The van der Waals surface area contributed by atoms with E-state index >= 15 is 0 Å². The van der Waals surface area contributed by atoms with Crippen molar-refractivity contribution in [1.29, 1.82) is 0 Å². The smallest absolute Gasteiger partial charge is 0.0576 e. The molecule has 0 aliphatic rings. The summed E-state index contributed by atoms with van der Waals surface area (Å²) in [4.78, 5) is 0. The van der Waals surface area contributed by atoms with Crippen LogP contribution < -0.4 is 11.1 Å².